The number of hydrogen-bond acceptors (Lipinski definition) is 2. The Morgan fingerprint density at radius 1 is 1.50 bits per heavy atom. The maximum Gasteiger partial charge on any atom is 0.181 e. The lowest BCUT2D eigenvalue weighted by atomic mass is 9.93. The quantitative estimate of drug-likeness (QED) is 0.732. The number of Topliss-reactive ketones (excluding diaryl/α,β-unsaturated/α-hetero) is 1. The molecule has 1 fully saturated rings. The Morgan fingerprint density at radius 3 is 2.88 bits per heavy atom. The second-order valence-electron chi connectivity index (χ2n) is 4.45. The van der Waals surface area contributed by atoms with Gasteiger partial charge >= 0.3 is 0 Å². The van der Waals surface area contributed by atoms with Crippen LogP contribution in [0.3, 0.4) is 0 Å². The number of carbonyl (C=O) groups is 1. The smallest absolute Gasteiger partial charge is 0.181 e. The Bertz CT molecular complexity index is 422. The summed E-state index contributed by atoms with van der Waals surface area (Å²) in [6.45, 7) is 3.62. The first-order chi connectivity index (χ1) is 7.54. The first-order valence-corrected chi connectivity index (χ1v) is 6.47. The largest absolute Gasteiger partial charge is 0.293 e. The number of hydrogen-bond donors (Lipinski definition) is 0. The average molecular weight is 238 g/mol. The fourth-order valence-electron chi connectivity index (χ4n) is 2.07. The second kappa shape index (κ2) is 4.21. The van der Waals surface area contributed by atoms with Gasteiger partial charge < -0.3 is 0 Å². The minimum absolute atomic E-state index is 0.0591. The number of ketones is 1. The zero-order valence-corrected chi connectivity index (χ0v) is 10.4. The van der Waals surface area contributed by atoms with Gasteiger partial charge in [0, 0.05) is 0 Å². The van der Waals surface area contributed by atoms with Crippen molar-refractivity contribution in [2.24, 2.45) is 0 Å². The van der Waals surface area contributed by atoms with E-state index in [0.717, 1.165) is 18.6 Å². The van der Waals surface area contributed by atoms with E-state index in [0.29, 0.717) is 5.56 Å². The molecule has 2 rings (SSSR count). The summed E-state index contributed by atoms with van der Waals surface area (Å²) in [6.07, 6.45) is 1.89. The number of benzene rings is 1. The van der Waals surface area contributed by atoms with Crippen LogP contribution in [0.25, 0.3) is 0 Å². The molecule has 0 spiro atoms. The van der Waals surface area contributed by atoms with Gasteiger partial charge in [0.1, 0.15) is 5.82 Å². The van der Waals surface area contributed by atoms with Crippen molar-refractivity contribution in [3.8, 4) is 0 Å². The fraction of sp³-hybridized carbons (Fsp3) is 0.462. The van der Waals surface area contributed by atoms with Gasteiger partial charge in [-0.15, -0.1) is 11.8 Å². The van der Waals surface area contributed by atoms with Gasteiger partial charge in [-0.3, -0.25) is 4.79 Å². The van der Waals surface area contributed by atoms with Crippen LogP contribution in [0.1, 0.15) is 35.7 Å². The lowest BCUT2D eigenvalue weighted by molar-refractivity contribution is 0.0945. The zero-order valence-electron chi connectivity index (χ0n) is 9.55. The molecule has 1 aliphatic rings. The highest BCUT2D eigenvalue weighted by molar-refractivity contribution is 8.01. The van der Waals surface area contributed by atoms with Gasteiger partial charge in [0.25, 0.3) is 0 Å². The summed E-state index contributed by atoms with van der Waals surface area (Å²) >= 11 is 1.65. The number of carbonyl (C=O) groups excluding carboxylic acids is 1. The molecular formula is C13H15FOS. The third kappa shape index (κ3) is 1.88. The molecule has 1 aliphatic heterocycles. The number of aryl methyl sites for hydroxylation is 1. The van der Waals surface area contributed by atoms with Crippen LogP contribution in [0.4, 0.5) is 4.39 Å². The molecule has 0 bridgehead atoms. The summed E-state index contributed by atoms with van der Waals surface area (Å²) in [4.78, 5) is 12.3. The first kappa shape index (κ1) is 11.6. The van der Waals surface area contributed by atoms with Crippen LogP contribution in [-0.4, -0.2) is 16.3 Å². The molecule has 0 radical (unpaired) electrons. The molecule has 1 unspecified atom stereocenters. The second-order valence-corrected chi connectivity index (χ2v) is 6.05. The van der Waals surface area contributed by atoms with Crippen molar-refractivity contribution in [2.45, 2.75) is 31.4 Å². The average Bonchev–Trinajstić information content (AvgIpc) is 2.70. The third-order valence-electron chi connectivity index (χ3n) is 3.14. The number of rotatable bonds is 2. The minimum Gasteiger partial charge on any atom is -0.293 e. The minimum atomic E-state index is -0.422. The van der Waals surface area contributed by atoms with E-state index in [2.05, 4.69) is 0 Å². The van der Waals surface area contributed by atoms with Gasteiger partial charge in [-0.05, 0) is 44.1 Å². The van der Waals surface area contributed by atoms with Crippen molar-refractivity contribution in [3.05, 3.63) is 35.1 Å². The molecule has 16 heavy (non-hydrogen) atoms. The predicted octanol–water partition coefficient (Wildman–Crippen LogP) is 3.60. The van der Waals surface area contributed by atoms with E-state index in [9.17, 15) is 9.18 Å². The molecule has 1 heterocycles. The van der Waals surface area contributed by atoms with Crippen LogP contribution >= 0.6 is 11.8 Å². The summed E-state index contributed by atoms with van der Waals surface area (Å²) < 4.78 is 13.4. The molecule has 0 amide bonds. The Hall–Kier alpha value is -0.830. The zero-order chi connectivity index (χ0) is 11.8. The summed E-state index contributed by atoms with van der Waals surface area (Å²) in [5.74, 6) is 0.577. The summed E-state index contributed by atoms with van der Waals surface area (Å²) in [7, 11) is 0. The van der Waals surface area contributed by atoms with Gasteiger partial charge in [-0.1, -0.05) is 12.1 Å². The van der Waals surface area contributed by atoms with Crippen LogP contribution in [0, 0.1) is 12.7 Å². The van der Waals surface area contributed by atoms with Gasteiger partial charge in [0.15, 0.2) is 5.78 Å². The Kier molecular flexibility index (Phi) is 3.06. The van der Waals surface area contributed by atoms with Crippen LogP contribution in [-0.2, 0) is 0 Å². The Morgan fingerprint density at radius 2 is 2.25 bits per heavy atom. The lowest BCUT2D eigenvalue weighted by Gasteiger charge is -2.21. The first-order valence-electron chi connectivity index (χ1n) is 5.48. The van der Waals surface area contributed by atoms with Crippen molar-refractivity contribution in [1.29, 1.82) is 0 Å². The van der Waals surface area contributed by atoms with E-state index < -0.39 is 4.75 Å². The van der Waals surface area contributed by atoms with E-state index >= 15 is 0 Å². The normalized spacial score (nSPS) is 24.7. The summed E-state index contributed by atoms with van der Waals surface area (Å²) in [5.41, 5.74) is 0.786. The molecule has 1 atom stereocenters. The summed E-state index contributed by atoms with van der Waals surface area (Å²) in [5, 5.41) is 0. The van der Waals surface area contributed by atoms with Crippen molar-refractivity contribution >= 4 is 17.5 Å². The Labute approximate surface area is 99.4 Å². The summed E-state index contributed by atoms with van der Waals surface area (Å²) in [6, 6.07) is 5.03. The molecule has 0 aromatic heterocycles. The molecule has 1 aromatic rings. The van der Waals surface area contributed by atoms with Gasteiger partial charge in [0.2, 0.25) is 0 Å². The SMILES string of the molecule is Cc1cccc(C(=O)C2(C)CCCS2)c1F. The molecule has 86 valence electrons. The van der Waals surface area contributed by atoms with Crippen LogP contribution in [0.2, 0.25) is 0 Å². The third-order valence-corrected chi connectivity index (χ3v) is 4.66. The van der Waals surface area contributed by atoms with Gasteiger partial charge in [-0.25, -0.2) is 4.39 Å². The molecule has 0 aliphatic carbocycles. The van der Waals surface area contributed by atoms with Crippen LogP contribution < -0.4 is 0 Å². The molecule has 1 saturated heterocycles. The predicted molar refractivity (Wildman–Crippen MR) is 65.6 cm³/mol. The fourth-order valence-corrected chi connectivity index (χ4v) is 3.33. The highest BCUT2D eigenvalue weighted by Crippen LogP contribution is 2.40. The van der Waals surface area contributed by atoms with Crippen molar-refractivity contribution in [3.63, 3.8) is 0 Å². The molecule has 1 aromatic carbocycles. The van der Waals surface area contributed by atoms with Crippen molar-refractivity contribution in [2.75, 3.05) is 5.75 Å². The number of thioether (sulfide) groups is 1. The van der Waals surface area contributed by atoms with E-state index in [1.165, 1.54) is 0 Å². The highest BCUT2D eigenvalue weighted by Gasteiger charge is 2.38. The molecule has 3 heteroatoms. The maximum absolute atomic E-state index is 13.8. The van der Waals surface area contributed by atoms with E-state index in [1.807, 2.05) is 6.92 Å². The monoisotopic (exact) mass is 238 g/mol. The maximum atomic E-state index is 13.8. The standard InChI is InChI=1S/C13H15FOS/c1-9-5-3-6-10(11(9)14)12(15)13(2)7-4-8-16-13/h3,5-6H,4,7-8H2,1-2H3. The molecule has 0 saturated carbocycles. The van der Waals surface area contributed by atoms with Gasteiger partial charge in [0.05, 0.1) is 10.3 Å². The van der Waals surface area contributed by atoms with Crippen LogP contribution in [0.5, 0.6) is 0 Å². The topological polar surface area (TPSA) is 17.1 Å². The number of halogens is 1. The van der Waals surface area contributed by atoms with E-state index in [4.69, 9.17) is 0 Å². The molecule has 0 N–H and O–H groups in total. The molecular weight excluding hydrogens is 223 g/mol. The van der Waals surface area contributed by atoms with E-state index in [-0.39, 0.29) is 17.2 Å². The highest BCUT2D eigenvalue weighted by atomic mass is 32.2. The lowest BCUT2D eigenvalue weighted by Crippen LogP contribution is -2.29. The Balaban J connectivity index is 2.37. The van der Waals surface area contributed by atoms with Crippen LogP contribution in [0.15, 0.2) is 18.2 Å². The van der Waals surface area contributed by atoms with Crippen molar-refractivity contribution in [1.82, 2.24) is 0 Å². The molecule has 1 nitrogen and oxygen atoms in total. The van der Waals surface area contributed by atoms with Gasteiger partial charge in [-0.2, -0.15) is 0 Å². The van der Waals surface area contributed by atoms with E-state index in [1.54, 1.807) is 36.9 Å². The van der Waals surface area contributed by atoms with Crippen molar-refractivity contribution < 1.29 is 9.18 Å².